The Morgan fingerprint density at radius 1 is 1.39 bits per heavy atom. The number of carboxylic acids is 1. The van der Waals surface area contributed by atoms with Crippen molar-refractivity contribution >= 4 is 45.3 Å². The lowest BCUT2D eigenvalue weighted by atomic mass is 10.2. The van der Waals surface area contributed by atoms with Gasteiger partial charge in [-0.25, -0.2) is 0 Å². The minimum absolute atomic E-state index is 0.0256. The van der Waals surface area contributed by atoms with Crippen LogP contribution in [0.3, 0.4) is 0 Å². The minimum atomic E-state index is -0.890. The molecule has 0 atom stereocenters. The van der Waals surface area contributed by atoms with E-state index in [9.17, 15) is 9.59 Å². The summed E-state index contributed by atoms with van der Waals surface area (Å²) in [7, 11) is 0. The van der Waals surface area contributed by atoms with E-state index < -0.39 is 5.97 Å². The molecule has 0 aromatic heterocycles. The average Bonchev–Trinajstić information content (AvgIpc) is 2.71. The monoisotopic (exact) mass is 329 g/mol. The summed E-state index contributed by atoms with van der Waals surface area (Å²) >= 11 is 4.54. The number of amides is 1. The topological polar surface area (TPSA) is 57.6 Å². The summed E-state index contributed by atoms with van der Waals surface area (Å²) in [5, 5.41) is 8.53. The third kappa shape index (κ3) is 3.05. The van der Waals surface area contributed by atoms with Gasteiger partial charge in [0.05, 0.1) is 11.5 Å². The number of aliphatic carboxylic acids is 1. The predicted octanol–water partition coefficient (Wildman–Crippen LogP) is 2.16. The fraction of sp³-hybridized carbons (Fsp3) is 0.333. The van der Waals surface area contributed by atoms with E-state index in [2.05, 4.69) is 15.9 Å². The number of hydrogen-bond donors (Lipinski definition) is 1. The van der Waals surface area contributed by atoms with Gasteiger partial charge in [-0.2, -0.15) is 0 Å². The number of rotatable bonds is 4. The maximum absolute atomic E-state index is 12.0. The molecule has 0 bridgehead atoms. The Morgan fingerprint density at radius 3 is 2.89 bits per heavy atom. The Balaban J connectivity index is 2.00. The van der Waals surface area contributed by atoms with Crippen LogP contribution in [0.4, 0.5) is 5.69 Å². The fourth-order valence-electron chi connectivity index (χ4n) is 1.93. The predicted molar refractivity (Wildman–Crippen MR) is 75.2 cm³/mol. The highest BCUT2D eigenvalue weighted by Crippen LogP contribution is 2.30. The lowest BCUT2D eigenvalue weighted by Crippen LogP contribution is -2.30. The molecule has 6 heteroatoms. The number of thioether (sulfide) groups is 1. The minimum Gasteiger partial charge on any atom is -0.481 e. The number of carbonyl (C=O) groups is 2. The first-order chi connectivity index (χ1) is 8.58. The molecule has 0 radical (unpaired) electrons. The molecule has 0 fully saturated rings. The Kier molecular flexibility index (Phi) is 4.29. The second kappa shape index (κ2) is 5.75. The summed E-state index contributed by atoms with van der Waals surface area (Å²) < 4.78 is 1.01. The molecule has 2 rings (SSSR count). The van der Waals surface area contributed by atoms with E-state index in [1.54, 1.807) is 4.90 Å². The van der Waals surface area contributed by atoms with Gasteiger partial charge in [0.15, 0.2) is 0 Å². The summed E-state index contributed by atoms with van der Waals surface area (Å²) in [5.41, 5.74) is 2.10. The molecule has 0 saturated carbocycles. The fourth-order valence-corrected chi connectivity index (χ4v) is 2.95. The van der Waals surface area contributed by atoms with Crippen LogP contribution >= 0.6 is 27.7 Å². The van der Waals surface area contributed by atoms with Crippen molar-refractivity contribution in [1.29, 1.82) is 0 Å². The van der Waals surface area contributed by atoms with Crippen molar-refractivity contribution in [2.75, 3.05) is 23.0 Å². The van der Waals surface area contributed by atoms with Gasteiger partial charge in [0.25, 0.3) is 0 Å². The van der Waals surface area contributed by atoms with Gasteiger partial charge in [-0.15, -0.1) is 11.8 Å². The van der Waals surface area contributed by atoms with E-state index >= 15 is 0 Å². The van der Waals surface area contributed by atoms with Gasteiger partial charge in [-0.05, 0) is 30.2 Å². The molecule has 18 heavy (non-hydrogen) atoms. The van der Waals surface area contributed by atoms with Gasteiger partial charge in [0.2, 0.25) is 5.91 Å². The first-order valence-corrected chi connectivity index (χ1v) is 7.41. The zero-order valence-corrected chi connectivity index (χ0v) is 12.0. The van der Waals surface area contributed by atoms with Crippen LogP contribution in [0.1, 0.15) is 5.56 Å². The second-order valence-corrected chi connectivity index (χ2v) is 5.86. The molecule has 0 spiro atoms. The molecule has 1 amide bonds. The molecule has 1 aromatic carbocycles. The number of carboxylic acid groups (broad SMARTS) is 1. The van der Waals surface area contributed by atoms with Gasteiger partial charge in [-0.1, -0.05) is 15.9 Å². The van der Waals surface area contributed by atoms with Crippen LogP contribution in [0.25, 0.3) is 0 Å². The van der Waals surface area contributed by atoms with Crippen LogP contribution in [0.5, 0.6) is 0 Å². The van der Waals surface area contributed by atoms with E-state index in [1.807, 2.05) is 18.2 Å². The van der Waals surface area contributed by atoms with Crippen LogP contribution in [0.15, 0.2) is 22.7 Å². The molecular formula is C12H12BrNO3S. The smallest absolute Gasteiger partial charge is 0.313 e. The van der Waals surface area contributed by atoms with E-state index in [4.69, 9.17) is 5.11 Å². The molecule has 0 unspecified atom stereocenters. The average molecular weight is 330 g/mol. The maximum atomic E-state index is 12.0. The normalized spacial score (nSPS) is 13.5. The summed E-state index contributed by atoms with van der Waals surface area (Å²) in [5.74, 6) is -0.741. The van der Waals surface area contributed by atoms with Crippen LogP contribution in [-0.4, -0.2) is 35.0 Å². The lowest BCUT2D eigenvalue weighted by Gasteiger charge is -2.16. The highest BCUT2D eigenvalue weighted by molar-refractivity contribution is 9.10. The zero-order valence-electron chi connectivity index (χ0n) is 9.56. The Bertz CT molecular complexity index is 492. The summed E-state index contributed by atoms with van der Waals surface area (Å²) in [6, 6.07) is 5.86. The highest BCUT2D eigenvalue weighted by Gasteiger charge is 2.24. The molecule has 96 valence electrons. The number of halogens is 1. The van der Waals surface area contributed by atoms with Gasteiger partial charge in [0, 0.05) is 16.7 Å². The second-order valence-electron chi connectivity index (χ2n) is 3.95. The Hall–Kier alpha value is -1.01. The van der Waals surface area contributed by atoms with Crippen LogP contribution in [0, 0.1) is 0 Å². The molecule has 1 N–H and O–H groups in total. The number of nitrogens with zero attached hydrogens (tertiary/aromatic N) is 1. The van der Waals surface area contributed by atoms with Crippen molar-refractivity contribution in [3.8, 4) is 0 Å². The molecule has 1 aromatic rings. The van der Waals surface area contributed by atoms with E-state index in [1.165, 1.54) is 0 Å². The highest BCUT2D eigenvalue weighted by atomic mass is 79.9. The van der Waals surface area contributed by atoms with Crippen molar-refractivity contribution in [2.24, 2.45) is 0 Å². The molecule has 4 nitrogen and oxygen atoms in total. The number of benzene rings is 1. The molecule has 1 aliphatic rings. The molecule has 0 aliphatic carbocycles. The first-order valence-electron chi connectivity index (χ1n) is 5.46. The Morgan fingerprint density at radius 2 is 2.17 bits per heavy atom. The SMILES string of the molecule is O=C(O)CSCC(=O)N1CCc2cc(Br)ccc21. The summed E-state index contributed by atoms with van der Waals surface area (Å²) in [6.45, 7) is 0.679. The van der Waals surface area contributed by atoms with Crippen molar-refractivity contribution in [3.63, 3.8) is 0 Å². The quantitative estimate of drug-likeness (QED) is 0.919. The third-order valence-corrected chi connectivity index (χ3v) is 4.08. The maximum Gasteiger partial charge on any atom is 0.313 e. The molecule has 1 heterocycles. The molecule has 1 aliphatic heterocycles. The molecule has 0 saturated heterocycles. The number of fused-ring (bicyclic) bond motifs is 1. The van der Waals surface area contributed by atoms with Crippen LogP contribution in [-0.2, 0) is 16.0 Å². The zero-order chi connectivity index (χ0) is 13.1. The van der Waals surface area contributed by atoms with Crippen LogP contribution in [0.2, 0.25) is 0 Å². The van der Waals surface area contributed by atoms with E-state index in [-0.39, 0.29) is 17.4 Å². The van der Waals surface area contributed by atoms with Gasteiger partial charge in [0.1, 0.15) is 0 Å². The first kappa shape index (κ1) is 13.4. The van der Waals surface area contributed by atoms with Gasteiger partial charge >= 0.3 is 5.97 Å². The number of carbonyl (C=O) groups excluding carboxylic acids is 1. The van der Waals surface area contributed by atoms with E-state index in [0.717, 1.165) is 33.9 Å². The van der Waals surface area contributed by atoms with E-state index in [0.29, 0.717) is 6.54 Å². The number of hydrogen-bond acceptors (Lipinski definition) is 3. The van der Waals surface area contributed by atoms with Gasteiger partial charge < -0.3 is 10.0 Å². The Labute approximate surface area is 117 Å². The van der Waals surface area contributed by atoms with Crippen LogP contribution < -0.4 is 4.90 Å². The number of anilines is 1. The summed E-state index contributed by atoms with van der Waals surface area (Å²) in [4.78, 5) is 24.1. The van der Waals surface area contributed by atoms with Gasteiger partial charge in [-0.3, -0.25) is 9.59 Å². The van der Waals surface area contributed by atoms with Crippen molar-refractivity contribution < 1.29 is 14.7 Å². The van der Waals surface area contributed by atoms with Crippen molar-refractivity contribution in [1.82, 2.24) is 0 Å². The standard InChI is InChI=1S/C12H12BrNO3S/c13-9-1-2-10-8(5-9)3-4-14(10)11(15)6-18-7-12(16)17/h1-2,5H,3-4,6-7H2,(H,16,17). The largest absolute Gasteiger partial charge is 0.481 e. The van der Waals surface area contributed by atoms with Crippen molar-refractivity contribution in [2.45, 2.75) is 6.42 Å². The lowest BCUT2D eigenvalue weighted by molar-refractivity contribution is -0.133. The third-order valence-electron chi connectivity index (χ3n) is 2.69. The summed E-state index contributed by atoms with van der Waals surface area (Å²) in [6.07, 6.45) is 0.851. The molecular weight excluding hydrogens is 318 g/mol. The van der Waals surface area contributed by atoms with Crippen molar-refractivity contribution in [3.05, 3.63) is 28.2 Å².